The molecule has 0 atom stereocenters. The summed E-state index contributed by atoms with van der Waals surface area (Å²) in [5, 5.41) is 13.1. The van der Waals surface area contributed by atoms with Crippen LogP contribution in [0, 0.1) is 0 Å². The van der Waals surface area contributed by atoms with Gasteiger partial charge in [-0.2, -0.15) is 0 Å². The highest BCUT2D eigenvalue weighted by Crippen LogP contribution is 2.10. The first-order valence-corrected chi connectivity index (χ1v) is 8.66. The number of hydrogen-bond acceptors (Lipinski definition) is 5. The van der Waals surface area contributed by atoms with Crippen molar-refractivity contribution in [3.05, 3.63) is 41.7 Å². The molecule has 1 heterocycles. The van der Waals surface area contributed by atoms with Gasteiger partial charge in [-0.05, 0) is 24.1 Å². The fourth-order valence-electron chi connectivity index (χ4n) is 2.19. The van der Waals surface area contributed by atoms with Crippen LogP contribution >= 0.6 is 0 Å². The Morgan fingerprint density at radius 1 is 1.15 bits per heavy atom. The number of benzene rings is 1. The molecule has 0 saturated carbocycles. The Kier molecular flexibility index (Phi) is 7.04. The highest BCUT2D eigenvalue weighted by molar-refractivity contribution is 5.92. The van der Waals surface area contributed by atoms with Crippen LogP contribution in [0.15, 0.2) is 30.5 Å². The molecule has 27 heavy (non-hydrogen) atoms. The molecule has 1 aromatic carbocycles. The molecule has 0 saturated heterocycles. The lowest BCUT2D eigenvalue weighted by Gasteiger charge is -2.08. The van der Waals surface area contributed by atoms with Crippen LogP contribution in [-0.2, 0) is 22.7 Å². The molecule has 1 aromatic heterocycles. The van der Waals surface area contributed by atoms with E-state index in [1.54, 1.807) is 26.2 Å². The summed E-state index contributed by atoms with van der Waals surface area (Å²) < 4.78 is 1.32. The molecule has 0 radical (unpaired) electrons. The van der Waals surface area contributed by atoms with Crippen molar-refractivity contribution in [1.82, 2.24) is 25.2 Å². The first kappa shape index (κ1) is 20.1. The molecular formula is C18H24N6O3. The molecule has 0 aliphatic rings. The molecule has 0 unspecified atom stereocenters. The third-order valence-corrected chi connectivity index (χ3v) is 3.74. The topological polar surface area (TPSA) is 109 Å². The second-order valence-electron chi connectivity index (χ2n) is 6.27. The number of anilines is 1. The number of rotatable bonds is 8. The summed E-state index contributed by atoms with van der Waals surface area (Å²) in [5.74, 6) is -0.536. The largest absolute Gasteiger partial charge is 0.347 e. The predicted molar refractivity (Wildman–Crippen MR) is 99.9 cm³/mol. The van der Waals surface area contributed by atoms with Gasteiger partial charge >= 0.3 is 0 Å². The predicted octanol–water partition coefficient (Wildman–Crippen LogP) is 1.03. The van der Waals surface area contributed by atoms with Crippen LogP contribution in [0.1, 0.15) is 35.8 Å². The Morgan fingerprint density at radius 2 is 1.85 bits per heavy atom. The number of nitrogens with one attached hydrogen (secondary N) is 2. The van der Waals surface area contributed by atoms with E-state index in [4.69, 9.17) is 0 Å². The van der Waals surface area contributed by atoms with Crippen molar-refractivity contribution in [2.75, 3.05) is 19.4 Å². The minimum atomic E-state index is -0.376. The van der Waals surface area contributed by atoms with Crippen LogP contribution in [0.25, 0.3) is 0 Å². The zero-order valence-corrected chi connectivity index (χ0v) is 15.7. The molecule has 2 N–H and O–H groups in total. The van der Waals surface area contributed by atoms with Gasteiger partial charge in [0.1, 0.15) is 6.54 Å². The van der Waals surface area contributed by atoms with Gasteiger partial charge in [-0.25, -0.2) is 4.68 Å². The van der Waals surface area contributed by atoms with E-state index >= 15 is 0 Å². The van der Waals surface area contributed by atoms with E-state index in [0.29, 0.717) is 13.0 Å². The lowest BCUT2D eigenvalue weighted by Crippen LogP contribution is -2.26. The van der Waals surface area contributed by atoms with Crippen LogP contribution in [0.5, 0.6) is 0 Å². The van der Waals surface area contributed by atoms with Crippen molar-refractivity contribution in [3.63, 3.8) is 0 Å². The average Bonchev–Trinajstić information content (AvgIpc) is 3.09. The van der Waals surface area contributed by atoms with E-state index in [-0.39, 0.29) is 30.0 Å². The molecule has 0 spiro atoms. The summed E-state index contributed by atoms with van der Waals surface area (Å²) in [7, 11) is 3.29. The smallest absolute Gasteiger partial charge is 0.273 e. The Hall–Kier alpha value is -3.23. The van der Waals surface area contributed by atoms with E-state index in [1.807, 2.05) is 19.1 Å². The van der Waals surface area contributed by atoms with Gasteiger partial charge in [0.2, 0.25) is 11.8 Å². The fraction of sp³-hybridized carbons (Fsp3) is 0.389. The standard InChI is InChI=1S/C18H24N6O3/c1-4-5-16(25)20-14-8-6-13(7-9-14)10-19-18(27)15-11-24(22-21-15)12-17(26)23(2)3/h6-9,11H,4-5,10,12H2,1-3H3,(H,19,27)(H,20,25). The number of amides is 3. The molecule has 0 fully saturated rings. The summed E-state index contributed by atoms with van der Waals surface area (Å²) in [6.07, 6.45) is 2.71. The second-order valence-corrected chi connectivity index (χ2v) is 6.27. The van der Waals surface area contributed by atoms with Gasteiger partial charge in [0, 0.05) is 32.7 Å². The average molecular weight is 372 g/mol. The number of aromatic nitrogens is 3. The van der Waals surface area contributed by atoms with Gasteiger partial charge in [0.15, 0.2) is 5.69 Å². The first-order valence-electron chi connectivity index (χ1n) is 8.66. The Balaban J connectivity index is 1.85. The van der Waals surface area contributed by atoms with E-state index in [2.05, 4.69) is 20.9 Å². The summed E-state index contributed by atoms with van der Waals surface area (Å²) >= 11 is 0. The Labute approximate surface area is 157 Å². The van der Waals surface area contributed by atoms with Crippen LogP contribution in [-0.4, -0.2) is 51.7 Å². The number of likely N-dealkylation sites (N-methyl/N-ethyl adjacent to an activating group) is 1. The lowest BCUT2D eigenvalue weighted by molar-refractivity contribution is -0.129. The number of carbonyl (C=O) groups is 3. The van der Waals surface area contributed by atoms with Crippen molar-refractivity contribution in [1.29, 1.82) is 0 Å². The van der Waals surface area contributed by atoms with E-state index in [1.165, 1.54) is 15.8 Å². The maximum Gasteiger partial charge on any atom is 0.273 e. The summed E-state index contributed by atoms with van der Waals surface area (Å²) in [6, 6.07) is 7.24. The van der Waals surface area contributed by atoms with Gasteiger partial charge in [0.05, 0.1) is 6.20 Å². The molecule has 0 aliphatic carbocycles. The third-order valence-electron chi connectivity index (χ3n) is 3.74. The van der Waals surface area contributed by atoms with Gasteiger partial charge in [-0.15, -0.1) is 5.10 Å². The second kappa shape index (κ2) is 9.46. The van der Waals surface area contributed by atoms with Crippen LogP contribution in [0.4, 0.5) is 5.69 Å². The van der Waals surface area contributed by atoms with Crippen molar-refractivity contribution in [3.8, 4) is 0 Å². The van der Waals surface area contributed by atoms with Gasteiger partial charge < -0.3 is 15.5 Å². The van der Waals surface area contributed by atoms with E-state index < -0.39 is 0 Å². The van der Waals surface area contributed by atoms with Gasteiger partial charge in [-0.3, -0.25) is 14.4 Å². The zero-order valence-electron chi connectivity index (χ0n) is 15.7. The Morgan fingerprint density at radius 3 is 2.48 bits per heavy atom. The van der Waals surface area contributed by atoms with E-state index in [9.17, 15) is 14.4 Å². The maximum atomic E-state index is 12.2. The van der Waals surface area contributed by atoms with Crippen molar-refractivity contribution >= 4 is 23.4 Å². The minimum absolute atomic E-state index is 0.0191. The van der Waals surface area contributed by atoms with Crippen molar-refractivity contribution in [2.24, 2.45) is 0 Å². The minimum Gasteiger partial charge on any atom is -0.347 e. The number of carbonyl (C=O) groups excluding carboxylic acids is 3. The first-order chi connectivity index (χ1) is 12.9. The third kappa shape index (κ3) is 6.21. The molecule has 9 heteroatoms. The zero-order chi connectivity index (χ0) is 19.8. The van der Waals surface area contributed by atoms with Gasteiger partial charge in [-0.1, -0.05) is 24.3 Å². The highest BCUT2D eigenvalue weighted by atomic mass is 16.2. The molecular weight excluding hydrogens is 348 g/mol. The SMILES string of the molecule is CCCC(=O)Nc1ccc(CNC(=O)c2cn(CC(=O)N(C)C)nn2)cc1. The lowest BCUT2D eigenvalue weighted by atomic mass is 10.2. The molecule has 0 bridgehead atoms. The van der Waals surface area contributed by atoms with Crippen LogP contribution < -0.4 is 10.6 Å². The highest BCUT2D eigenvalue weighted by Gasteiger charge is 2.13. The summed E-state index contributed by atoms with van der Waals surface area (Å²) in [5.41, 5.74) is 1.74. The summed E-state index contributed by atoms with van der Waals surface area (Å²) in [4.78, 5) is 36.8. The molecule has 9 nitrogen and oxygen atoms in total. The molecule has 0 aliphatic heterocycles. The Bertz CT molecular complexity index is 798. The molecule has 3 amide bonds. The monoisotopic (exact) mass is 372 g/mol. The van der Waals surface area contributed by atoms with Crippen LogP contribution in [0.2, 0.25) is 0 Å². The molecule has 2 rings (SSSR count). The maximum absolute atomic E-state index is 12.2. The van der Waals surface area contributed by atoms with Crippen molar-refractivity contribution < 1.29 is 14.4 Å². The van der Waals surface area contributed by atoms with Crippen LogP contribution in [0.3, 0.4) is 0 Å². The fourth-order valence-corrected chi connectivity index (χ4v) is 2.19. The normalized spacial score (nSPS) is 10.3. The molecule has 2 aromatic rings. The number of nitrogens with zero attached hydrogens (tertiary/aromatic N) is 4. The van der Waals surface area contributed by atoms with E-state index in [0.717, 1.165) is 17.7 Å². The quantitative estimate of drug-likeness (QED) is 0.719. The summed E-state index contributed by atoms with van der Waals surface area (Å²) in [6.45, 7) is 2.29. The number of hydrogen-bond donors (Lipinski definition) is 2. The van der Waals surface area contributed by atoms with Crippen molar-refractivity contribution in [2.45, 2.75) is 32.9 Å². The van der Waals surface area contributed by atoms with Gasteiger partial charge in [0.25, 0.3) is 5.91 Å². The molecule has 144 valence electrons.